The zero-order chi connectivity index (χ0) is 20.3. The van der Waals surface area contributed by atoms with Crippen LogP contribution in [0.25, 0.3) is 11.0 Å². The fourth-order valence-electron chi connectivity index (χ4n) is 2.89. The number of fused-ring (bicyclic) bond motifs is 1. The first-order valence-electron chi connectivity index (χ1n) is 8.52. The maximum absolute atomic E-state index is 13.0. The maximum atomic E-state index is 13.0. The maximum Gasteiger partial charge on any atom is 0.416 e. The Balaban J connectivity index is 1.98. The molecule has 3 aromatic rings. The van der Waals surface area contributed by atoms with Gasteiger partial charge in [0.15, 0.2) is 6.61 Å². The van der Waals surface area contributed by atoms with E-state index >= 15 is 0 Å². The highest BCUT2D eigenvalue weighted by molar-refractivity contribution is 5.83. The molecular weight excluding hydrogens is 375 g/mol. The van der Waals surface area contributed by atoms with Crippen LogP contribution in [0.3, 0.4) is 0 Å². The topological polar surface area (TPSA) is 66.2 Å². The fraction of sp³-hybridized carbons (Fsp3) is 0.316. The number of hydrogen-bond acceptors (Lipinski definition) is 5. The van der Waals surface area contributed by atoms with Crippen LogP contribution in [0.1, 0.15) is 23.7 Å². The van der Waals surface area contributed by atoms with Crippen LogP contribution in [-0.2, 0) is 28.7 Å². The summed E-state index contributed by atoms with van der Waals surface area (Å²) in [6.07, 6.45) is -2.48. The van der Waals surface area contributed by atoms with E-state index in [1.807, 2.05) is 17.6 Å². The minimum atomic E-state index is -4.40. The van der Waals surface area contributed by atoms with E-state index in [0.29, 0.717) is 23.0 Å². The Labute approximate surface area is 158 Å². The molecule has 0 unspecified atom stereocenters. The lowest BCUT2D eigenvalue weighted by Gasteiger charge is -2.12. The first kappa shape index (κ1) is 19.7. The number of alkyl halides is 3. The second-order valence-corrected chi connectivity index (χ2v) is 6.05. The summed E-state index contributed by atoms with van der Waals surface area (Å²) in [5, 5.41) is 0.579. The largest absolute Gasteiger partial charge is 0.466 e. The molecule has 0 aliphatic heterocycles. The molecule has 0 atom stereocenters. The number of nitrogens with zero attached hydrogens (tertiary/aromatic N) is 3. The first-order valence-corrected chi connectivity index (χ1v) is 8.52. The van der Waals surface area contributed by atoms with Gasteiger partial charge in [-0.05, 0) is 30.2 Å². The highest BCUT2D eigenvalue weighted by Crippen LogP contribution is 2.31. The van der Waals surface area contributed by atoms with Gasteiger partial charge >= 0.3 is 12.1 Å². The zero-order valence-corrected chi connectivity index (χ0v) is 15.3. The number of ether oxygens (including phenoxy) is 2. The highest BCUT2D eigenvalue weighted by Gasteiger charge is 2.30. The van der Waals surface area contributed by atoms with Crippen molar-refractivity contribution in [3.05, 3.63) is 53.5 Å². The van der Waals surface area contributed by atoms with Crippen LogP contribution in [0.4, 0.5) is 13.2 Å². The second kappa shape index (κ2) is 7.87. The highest BCUT2D eigenvalue weighted by atomic mass is 19.4. The van der Waals surface area contributed by atoms with E-state index in [2.05, 4.69) is 14.7 Å². The number of carbonyl (C=O) groups is 1. The minimum Gasteiger partial charge on any atom is -0.466 e. The number of rotatable bonds is 6. The average molecular weight is 393 g/mol. The molecule has 0 bridgehead atoms. The molecule has 148 valence electrons. The molecule has 0 saturated carbocycles. The quantitative estimate of drug-likeness (QED) is 0.599. The van der Waals surface area contributed by atoms with Crippen molar-refractivity contribution in [2.75, 3.05) is 13.7 Å². The van der Waals surface area contributed by atoms with E-state index in [-0.39, 0.29) is 19.0 Å². The Morgan fingerprint density at radius 2 is 2.00 bits per heavy atom. The van der Waals surface area contributed by atoms with Crippen molar-refractivity contribution in [2.24, 2.45) is 0 Å². The van der Waals surface area contributed by atoms with Crippen molar-refractivity contribution in [1.82, 2.24) is 14.5 Å². The van der Waals surface area contributed by atoms with E-state index in [9.17, 15) is 18.0 Å². The molecule has 2 heterocycles. The lowest BCUT2D eigenvalue weighted by molar-refractivity contribution is -0.143. The Kier molecular flexibility index (Phi) is 5.53. The van der Waals surface area contributed by atoms with E-state index in [4.69, 9.17) is 4.74 Å². The van der Waals surface area contributed by atoms with Crippen LogP contribution in [0.15, 0.2) is 36.7 Å². The summed E-state index contributed by atoms with van der Waals surface area (Å²) in [6, 6.07) is 7.00. The lowest BCUT2D eigenvalue weighted by atomic mass is 10.1. The minimum absolute atomic E-state index is 0.212. The van der Waals surface area contributed by atoms with Crippen LogP contribution in [-0.4, -0.2) is 34.2 Å². The molecule has 6 nitrogen and oxygen atoms in total. The molecule has 0 aliphatic rings. The molecule has 0 radical (unpaired) electrons. The third kappa shape index (κ3) is 4.08. The van der Waals surface area contributed by atoms with Crippen LogP contribution in [0.5, 0.6) is 5.88 Å². The summed E-state index contributed by atoms with van der Waals surface area (Å²) in [5.41, 5.74) is 1.17. The van der Waals surface area contributed by atoms with Gasteiger partial charge in [0, 0.05) is 12.2 Å². The van der Waals surface area contributed by atoms with Gasteiger partial charge in [-0.1, -0.05) is 19.1 Å². The zero-order valence-electron chi connectivity index (χ0n) is 15.3. The molecule has 0 N–H and O–H groups in total. The standard InChI is InChI=1S/C19H18F3N3O3/c1-3-14-8-15-17(23-11-24-18(15)28-10-16(26)27-2)25(14)9-12-5-4-6-13(7-12)19(20,21)22/h4-8,11H,3,9-10H2,1-2H3. The molecular formula is C19H18F3N3O3. The van der Waals surface area contributed by atoms with Crippen molar-refractivity contribution >= 4 is 17.0 Å². The Morgan fingerprint density at radius 3 is 2.68 bits per heavy atom. The molecule has 1 aromatic carbocycles. The summed E-state index contributed by atoms with van der Waals surface area (Å²) >= 11 is 0. The van der Waals surface area contributed by atoms with E-state index in [1.54, 1.807) is 6.07 Å². The molecule has 0 amide bonds. The Bertz CT molecular complexity index is 999. The van der Waals surface area contributed by atoms with Crippen molar-refractivity contribution in [3.63, 3.8) is 0 Å². The van der Waals surface area contributed by atoms with Gasteiger partial charge in [-0.15, -0.1) is 0 Å². The number of aromatic nitrogens is 3. The van der Waals surface area contributed by atoms with Crippen molar-refractivity contribution in [1.29, 1.82) is 0 Å². The van der Waals surface area contributed by atoms with E-state index in [1.165, 1.54) is 19.5 Å². The third-order valence-electron chi connectivity index (χ3n) is 4.25. The lowest BCUT2D eigenvalue weighted by Crippen LogP contribution is -2.13. The number of benzene rings is 1. The van der Waals surface area contributed by atoms with Crippen molar-refractivity contribution in [3.8, 4) is 5.88 Å². The molecule has 9 heteroatoms. The normalized spacial score (nSPS) is 11.6. The number of carbonyl (C=O) groups excluding carboxylic acids is 1. The van der Waals surface area contributed by atoms with Crippen molar-refractivity contribution in [2.45, 2.75) is 26.1 Å². The number of esters is 1. The summed E-state index contributed by atoms with van der Waals surface area (Å²) < 4.78 is 50.8. The molecule has 0 aliphatic carbocycles. The number of halogens is 3. The Morgan fingerprint density at radius 1 is 1.21 bits per heavy atom. The number of methoxy groups -OCH3 is 1. The van der Waals surface area contributed by atoms with Gasteiger partial charge in [0.1, 0.15) is 12.0 Å². The van der Waals surface area contributed by atoms with Gasteiger partial charge in [0.25, 0.3) is 0 Å². The van der Waals surface area contributed by atoms with Gasteiger partial charge in [-0.2, -0.15) is 13.2 Å². The Hall–Kier alpha value is -3.10. The monoisotopic (exact) mass is 393 g/mol. The van der Waals surface area contributed by atoms with Gasteiger partial charge < -0.3 is 14.0 Å². The predicted molar refractivity (Wildman–Crippen MR) is 95.0 cm³/mol. The molecule has 28 heavy (non-hydrogen) atoms. The van der Waals surface area contributed by atoms with Gasteiger partial charge in [0.2, 0.25) is 5.88 Å². The summed E-state index contributed by atoms with van der Waals surface area (Å²) in [7, 11) is 1.25. The molecule has 0 fully saturated rings. The molecule has 0 saturated heterocycles. The summed E-state index contributed by atoms with van der Waals surface area (Å²) in [5.74, 6) is -0.334. The van der Waals surface area contributed by atoms with Crippen LogP contribution < -0.4 is 4.74 Å². The average Bonchev–Trinajstić information content (AvgIpc) is 3.03. The number of aryl methyl sites for hydroxylation is 1. The smallest absolute Gasteiger partial charge is 0.416 e. The van der Waals surface area contributed by atoms with Crippen LogP contribution in [0.2, 0.25) is 0 Å². The van der Waals surface area contributed by atoms with Crippen LogP contribution >= 0.6 is 0 Å². The molecule has 0 spiro atoms. The SMILES string of the molecule is CCc1cc2c(OCC(=O)OC)ncnc2n1Cc1cccc(C(F)(F)F)c1. The van der Waals surface area contributed by atoms with Crippen LogP contribution in [0, 0.1) is 0 Å². The second-order valence-electron chi connectivity index (χ2n) is 6.05. The summed E-state index contributed by atoms with van der Waals surface area (Å²) in [6.45, 7) is 1.84. The predicted octanol–water partition coefficient (Wildman–Crippen LogP) is 3.61. The van der Waals surface area contributed by atoms with Gasteiger partial charge in [-0.25, -0.2) is 14.8 Å². The molecule has 2 aromatic heterocycles. The third-order valence-corrected chi connectivity index (χ3v) is 4.25. The van der Waals surface area contributed by atoms with Gasteiger partial charge in [-0.3, -0.25) is 0 Å². The first-order chi connectivity index (χ1) is 13.3. The van der Waals surface area contributed by atoms with E-state index < -0.39 is 17.7 Å². The van der Waals surface area contributed by atoms with Gasteiger partial charge in [0.05, 0.1) is 18.1 Å². The molecule has 3 rings (SSSR count). The fourth-order valence-corrected chi connectivity index (χ4v) is 2.89. The van der Waals surface area contributed by atoms with Crippen molar-refractivity contribution < 1.29 is 27.4 Å². The summed E-state index contributed by atoms with van der Waals surface area (Å²) in [4.78, 5) is 19.6. The van der Waals surface area contributed by atoms with E-state index in [0.717, 1.165) is 17.8 Å². The number of hydrogen-bond donors (Lipinski definition) is 0.